The van der Waals surface area contributed by atoms with E-state index in [0.29, 0.717) is 56.4 Å². The Balaban J connectivity index is 0.000000148. The lowest BCUT2D eigenvalue weighted by molar-refractivity contribution is -0.396. The number of hydrogen-bond acceptors (Lipinski definition) is 31. The summed E-state index contributed by atoms with van der Waals surface area (Å²) in [7, 11) is 5.72. The number of imidazole rings is 1. The Labute approximate surface area is 562 Å². The summed E-state index contributed by atoms with van der Waals surface area (Å²) < 4.78 is 104. The zero-order valence-electron chi connectivity index (χ0n) is 54.0. The van der Waals surface area contributed by atoms with Crippen LogP contribution in [0.25, 0.3) is 0 Å². The Morgan fingerprint density at radius 2 is 1.00 bits per heavy atom. The average molecular weight is 1390 g/mol. The van der Waals surface area contributed by atoms with Gasteiger partial charge in [-0.3, -0.25) is 14.4 Å². The number of hydrogen-bond donors (Lipinski definition) is 8. The molecule has 0 unspecified atom stereocenters. The Morgan fingerprint density at radius 3 is 1.38 bits per heavy atom. The molecule has 34 heteroatoms. The Kier molecular flexibility index (Phi) is 19.9. The molecule has 0 spiro atoms. The van der Waals surface area contributed by atoms with Gasteiger partial charge < -0.3 is 136 Å². The van der Waals surface area contributed by atoms with Crippen molar-refractivity contribution in [2.45, 2.75) is 118 Å². The largest absolute Gasteiger partial charge is 0.502 e. The molecular formula is C65H74N4O30. The number of aromatic hydroxyl groups is 2. The summed E-state index contributed by atoms with van der Waals surface area (Å²) in [6.45, 7) is 3.63. The standard InChI is InChI=1S/2C29H32O13.C7H10N4O4/c2*1-11-36-9-20-27(40-11)24(31)25(32)29(41-20)42-26-14-7-17-16(38-10-39-17)6-13(14)21(22-15(26)8-37-28(22)33)12-4-18(34-2)23(30)19(5-12)35-3;12-4-2-8-6(13)5-10-3-1-9-7(10)11(14)15/h2*4-7,11,15,20-22,24-27,29-32H,8-10H2,1-3H3;1,3,12H,2,4-5H2,(H,8,13)/t2*11-,15+,20-,21-,22+,24-,25-,26-,27-,29+;/m11./s1. The molecule has 1 amide bonds. The molecule has 4 aromatic carbocycles. The van der Waals surface area contributed by atoms with Gasteiger partial charge in [-0.1, -0.05) is 4.98 Å². The van der Waals surface area contributed by atoms with Crippen LogP contribution in [-0.2, 0) is 68.3 Å². The van der Waals surface area contributed by atoms with Crippen LogP contribution in [0.3, 0.4) is 0 Å². The Morgan fingerprint density at radius 1 is 0.596 bits per heavy atom. The molecule has 9 heterocycles. The van der Waals surface area contributed by atoms with E-state index in [1.165, 1.54) is 40.8 Å². The second-order valence-electron chi connectivity index (χ2n) is 24.7. The number of nitrogens with one attached hydrogen (secondary N) is 1. The summed E-state index contributed by atoms with van der Waals surface area (Å²) >= 11 is 0. The van der Waals surface area contributed by atoms with Crippen molar-refractivity contribution in [3.63, 3.8) is 0 Å². The summed E-state index contributed by atoms with van der Waals surface area (Å²) in [6.07, 6.45) is -11.0. The molecule has 8 aliphatic heterocycles. The Bertz CT molecular complexity index is 3570. The molecule has 8 N–H and O–H groups in total. The van der Waals surface area contributed by atoms with Gasteiger partial charge >= 0.3 is 17.9 Å². The molecule has 534 valence electrons. The highest BCUT2D eigenvalue weighted by atomic mass is 16.8. The molecule has 5 aromatic rings. The molecule has 6 fully saturated rings. The van der Waals surface area contributed by atoms with Gasteiger partial charge in [0, 0.05) is 30.2 Å². The molecule has 99 heavy (non-hydrogen) atoms. The smallest absolute Gasteiger partial charge is 0.435 e. The van der Waals surface area contributed by atoms with Crippen LogP contribution in [0.5, 0.6) is 57.5 Å². The number of ether oxygens (including phenoxy) is 18. The fraction of sp³-hybridized carbons (Fsp3) is 0.538. The zero-order valence-corrected chi connectivity index (χ0v) is 54.0. The van der Waals surface area contributed by atoms with Gasteiger partial charge in [0.15, 0.2) is 77.7 Å². The number of phenols is 2. The van der Waals surface area contributed by atoms with Crippen LogP contribution in [0.15, 0.2) is 60.9 Å². The van der Waals surface area contributed by atoms with Crippen LogP contribution in [0, 0.1) is 33.8 Å². The fourth-order valence-electron chi connectivity index (χ4n) is 14.5. The van der Waals surface area contributed by atoms with E-state index in [9.17, 15) is 55.1 Å². The quantitative estimate of drug-likeness (QED) is 0.0419. The number of carbonyl (C=O) groups excluding carboxylic acids is 3. The summed E-state index contributed by atoms with van der Waals surface area (Å²) in [5.74, 6) is -2.84. The molecule has 0 radical (unpaired) electrons. The minimum atomic E-state index is -1.44. The van der Waals surface area contributed by atoms with Crippen molar-refractivity contribution in [2.75, 3.05) is 81.6 Å². The van der Waals surface area contributed by atoms with Crippen molar-refractivity contribution in [3.8, 4) is 57.5 Å². The van der Waals surface area contributed by atoms with Crippen LogP contribution in [0.2, 0.25) is 0 Å². The summed E-state index contributed by atoms with van der Waals surface area (Å²) in [5, 5.41) is 86.3. The number of methoxy groups -OCH3 is 4. The molecule has 1 aromatic heterocycles. The minimum absolute atomic E-state index is 0.0301. The number of aliphatic hydroxyl groups excluding tert-OH is 5. The highest BCUT2D eigenvalue weighted by Gasteiger charge is 2.59. The van der Waals surface area contributed by atoms with E-state index in [2.05, 4.69) is 10.3 Å². The maximum absolute atomic E-state index is 13.4. The predicted molar refractivity (Wildman–Crippen MR) is 326 cm³/mol. The van der Waals surface area contributed by atoms with Crippen LogP contribution < -0.4 is 43.2 Å². The van der Waals surface area contributed by atoms with Gasteiger partial charge in [-0.2, -0.15) is 0 Å². The highest BCUT2D eigenvalue weighted by molar-refractivity contribution is 5.80. The molecule has 10 aliphatic rings. The number of aliphatic hydroxyl groups is 5. The molecule has 0 saturated carbocycles. The lowest BCUT2D eigenvalue weighted by Gasteiger charge is -2.47. The lowest BCUT2D eigenvalue weighted by Crippen LogP contribution is -2.63. The summed E-state index contributed by atoms with van der Waals surface area (Å²) in [5.41, 5.74) is 4.03. The number of fused-ring (bicyclic) bond motifs is 8. The van der Waals surface area contributed by atoms with Gasteiger partial charge in [0.25, 0.3) is 5.91 Å². The fourth-order valence-corrected chi connectivity index (χ4v) is 14.5. The molecule has 15 rings (SSSR count). The maximum Gasteiger partial charge on any atom is 0.435 e. The van der Waals surface area contributed by atoms with Crippen molar-refractivity contribution in [1.29, 1.82) is 0 Å². The van der Waals surface area contributed by atoms with Crippen molar-refractivity contribution in [3.05, 3.63) is 104 Å². The molecule has 34 nitrogen and oxygen atoms in total. The van der Waals surface area contributed by atoms with Crippen molar-refractivity contribution in [2.24, 2.45) is 23.7 Å². The SMILES string of the molecule is COc1cc([C@@H]2c3cc4c(cc3[C@@H](O[C@@H]3O[C@@H]5CO[C@@H](C)O[C@H]5[C@H](O)[C@H]3O)[C@H]3COC(=O)[C@H]23)OCO4)cc(OC)c1O.COc1cc([C@@H]2c3cc4c(cc3[C@@H](O[C@@H]3O[C@@H]5CO[C@@H](C)O[C@H]5[C@H](O)[C@H]3O)[C@H]3COC(=O)[C@H]23)OCO4)cc(OC)c1O.O=C(Cn1ccnc1[N+](=O)[O-])NCCO. The van der Waals surface area contributed by atoms with E-state index >= 15 is 0 Å². The number of carbonyl (C=O) groups is 3. The number of cyclic esters (lactones) is 2. The van der Waals surface area contributed by atoms with Gasteiger partial charge in [-0.15, -0.1) is 0 Å². The van der Waals surface area contributed by atoms with E-state index < -0.39 is 144 Å². The summed E-state index contributed by atoms with van der Waals surface area (Å²) in [6, 6.07) is 13.9. The average Bonchev–Trinajstić information content (AvgIpc) is 1.72. The van der Waals surface area contributed by atoms with Gasteiger partial charge in [-0.25, -0.2) is 4.57 Å². The third-order valence-corrected chi connectivity index (χ3v) is 19.1. The molecule has 2 aliphatic carbocycles. The first-order valence-corrected chi connectivity index (χ1v) is 31.7. The van der Waals surface area contributed by atoms with E-state index in [4.69, 9.17) is 90.4 Å². The Hall–Kier alpha value is -8.62. The van der Waals surface area contributed by atoms with Crippen molar-refractivity contribution < 1.29 is 140 Å². The van der Waals surface area contributed by atoms with E-state index in [1.54, 1.807) is 62.4 Å². The van der Waals surface area contributed by atoms with E-state index in [1.807, 2.05) is 0 Å². The highest BCUT2D eigenvalue weighted by Crippen LogP contribution is 2.59. The first-order chi connectivity index (χ1) is 47.7. The van der Waals surface area contributed by atoms with Gasteiger partial charge in [0.2, 0.25) is 25.1 Å². The number of benzene rings is 4. The third-order valence-electron chi connectivity index (χ3n) is 19.1. The number of rotatable bonds is 15. The minimum Gasteiger partial charge on any atom is -0.502 e. The van der Waals surface area contributed by atoms with Crippen LogP contribution in [0.4, 0.5) is 5.95 Å². The topological polar surface area (TPSA) is 432 Å². The number of aromatic nitrogens is 2. The first-order valence-electron chi connectivity index (χ1n) is 31.7. The third kappa shape index (κ3) is 13.0. The van der Waals surface area contributed by atoms with Crippen LogP contribution in [0.1, 0.15) is 71.3 Å². The van der Waals surface area contributed by atoms with E-state index in [-0.39, 0.29) is 100 Å². The second-order valence-corrected chi connectivity index (χ2v) is 24.7. The molecular weight excluding hydrogens is 1320 g/mol. The monoisotopic (exact) mass is 1390 g/mol. The van der Waals surface area contributed by atoms with Gasteiger partial charge in [0.1, 0.15) is 61.2 Å². The molecule has 6 saturated heterocycles. The van der Waals surface area contributed by atoms with Crippen LogP contribution in [-0.4, -0.2) is 224 Å². The number of esters is 2. The number of phenolic OH excluding ortho intramolecular Hbond substituents is 2. The first kappa shape index (κ1) is 68.9. The predicted octanol–water partition coefficient (Wildman–Crippen LogP) is 1.58. The number of amides is 1. The van der Waals surface area contributed by atoms with Crippen molar-refractivity contribution >= 4 is 23.8 Å². The molecule has 20 atom stereocenters. The van der Waals surface area contributed by atoms with Gasteiger partial charge in [0.05, 0.1) is 85.5 Å². The van der Waals surface area contributed by atoms with Crippen LogP contribution >= 0.6 is 0 Å². The summed E-state index contributed by atoms with van der Waals surface area (Å²) in [4.78, 5) is 51.2. The maximum atomic E-state index is 13.4. The van der Waals surface area contributed by atoms with Gasteiger partial charge in [-0.05, 0) is 101 Å². The number of nitro groups is 1. The van der Waals surface area contributed by atoms with Crippen molar-refractivity contribution in [1.82, 2.24) is 14.9 Å². The lowest BCUT2D eigenvalue weighted by atomic mass is 9.66. The van der Waals surface area contributed by atoms with E-state index in [0.717, 1.165) is 4.57 Å². The number of nitrogens with zero attached hydrogens (tertiary/aromatic N) is 3. The molecule has 0 bridgehead atoms. The zero-order chi connectivity index (χ0) is 69.8. The second kappa shape index (κ2) is 28.5. The normalized spacial score (nSPS) is 32.4.